The van der Waals surface area contributed by atoms with Gasteiger partial charge in [0.2, 0.25) is 0 Å². The Labute approximate surface area is 236 Å². The summed E-state index contributed by atoms with van der Waals surface area (Å²) in [5, 5.41) is 11.5. The summed E-state index contributed by atoms with van der Waals surface area (Å²) in [6, 6.07) is 13.7. The van der Waals surface area contributed by atoms with Crippen molar-refractivity contribution < 1.29 is 23.6 Å². The fourth-order valence-corrected chi connectivity index (χ4v) is 5.75. The van der Waals surface area contributed by atoms with Crippen LogP contribution in [-0.4, -0.2) is 29.2 Å². The van der Waals surface area contributed by atoms with E-state index >= 15 is 0 Å². The molecule has 0 unspecified atom stereocenters. The van der Waals surface area contributed by atoms with E-state index in [0.29, 0.717) is 42.7 Å². The summed E-state index contributed by atoms with van der Waals surface area (Å²) in [7, 11) is 1.41. The molecule has 12 heteroatoms. The number of carbonyl (C=O) groups excluding carboxylic acids is 1. The molecule has 1 aliphatic heterocycles. The monoisotopic (exact) mass is 579 g/mol. The van der Waals surface area contributed by atoms with Crippen molar-refractivity contribution >= 4 is 40.7 Å². The van der Waals surface area contributed by atoms with Gasteiger partial charge in [-0.25, -0.2) is 9.79 Å². The van der Waals surface area contributed by atoms with Gasteiger partial charge in [-0.2, -0.15) is 0 Å². The molecular formula is C28H22ClN3O7S. The van der Waals surface area contributed by atoms with E-state index in [1.165, 1.54) is 29.9 Å². The van der Waals surface area contributed by atoms with Gasteiger partial charge in [-0.3, -0.25) is 19.5 Å². The van der Waals surface area contributed by atoms with Crippen LogP contribution in [0.5, 0.6) is 5.75 Å². The molecule has 5 rings (SSSR count). The number of methoxy groups -OCH3 is 1. The number of ether oxygens (including phenoxy) is 2. The van der Waals surface area contributed by atoms with Crippen molar-refractivity contribution in [2.75, 3.05) is 13.7 Å². The first-order valence-electron chi connectivity index (χ1n) is 12.1. The number of non-ortho nitro benzene ring substituents is 1. The minimum atomic E-state index is -0.831. The lowest BCUT2D eigenvalue weighted by atomic mass is 9.96. The normalized spacial score (nSPS) is 15.0. The minimum absolute atomic E-state index is 0.112. The Balaban J connectivity index is 1.62. The summed E-state index contributed by atoms with van der Waals surface area (Å²) in [4.78, 5) is 42.3. The first kappa shape index (κ1) is 27.1. The molecule has 1 atom stereocenters. The molecule has 0 bridgehead atoms. The predicted molar refractivity (Wildman–Crippen MR) is 149 cm³/mol. The number of benzene rings is 2. The van der Waals surface area contributed by atoms with Crippen molar-refractivity contribution in [2.24, 2.45) is 4.99 Å². The second-order valence-electron chi connectivity index (χ2n) is 8.67. The van der Waals surface area contributed by atoms with Gasteiger partial charge in [-0.05, 0) is 43.7 Å². The summed E-state index contributed by atoms with van der Waals surface area (Å²) in [6.45, 7) is 3.57. The lowest BCUT2D eigenvalue weighted by molar-refractivity contribution is -0.384. The smallest absolute Gasteiger partial charge is 0.338 e. The molecule has 4 aromatic rings. The Morgan fingerprint density at radius 3 is 2.73 bits per heavy atom. The zero-order valence-corrected chi connectivity index (χ0v) is 23.1. The molecule has 0 fully saturated rings. The number of carbonyl (C=O) groups is 1. The van der Waals surface area contributed by atoms with Gasteiger partial charge >= 0.3 is 5.97 Å². The van der Waals surface area contributed by atoms with Crippen molar-refractivity contribution in [3.05, 3.63) is 112 Å². The maximum absolute atomic E-state index is 13.8. The minimum Gasteiger partial charge on any atom is -0.496 e. The number of nitro groups is 1. The lowest BCUT2D eigenvalue weighted by Gasteiger charge is -2.25. The van der Waals surface area contributed by atoms with Crippen molar-refractivity contribution in [3.8, 4) is 17.1 Å². The van der Waals surface area contributed by atoms with Crippen LogP contribution in [0, 0.1) is 10.1 Å². The van der Waals surface area contributed by atoms with E-state index in [1.54, 1.807) is 56.3 Å². The molecule has 2 aromatic heterocycles. The molecule has 40 heavy (non-hydrogen) atoms. The summed E-state index contributed by atoms with van der Waals surface area (Å²) in [5.74, 6) is 0.475. The number of rotatable bonds is 7. The number of halogens is 1. The number of nitrogens with zero attached hydrogens (tertiary/aromatic N) is 3. The van der Waals surface area contributed by atoms with Crippen LogP contribution in [0.4, 0.5) is 5.69 Å². The Bertz CT molecular complexity index is 1870. The molecule has 0 amide bonds. The average molecular weight is 580 g/mol. The maximum Gasteiger partial charge on any atom is 0.338 e. The van der Waals surface area contributed by atoms with Crippen molar-refractivity contribution in [2.45, 2.75) is 19.9 Å². The standard InChI is InChI=1S/C28H22ClN3O7S/c1-4-38-27(34)24-15(2)30-28-31(25(24)18-7-5-6-8-20(18)29)26(33)23(40-28)14-17-10-12-21(39-17)19-11-9-16(32(35)36)13-22(19)37-3/h5-14,25H,4H2,1-3H3/b23-14-/t25-/m1/s1. The second-order valence-corrected chi connectivity index (χ2v) is 10.1. The van der Waals surface area contributed by atoms with Crippen molar-refractivity contribution in [1.82, 2.24) is 4.57 Å². The Morgan fingerprint density at radius 1 is 1.25 bits per heavy atom. The van der Waals surface area contributed by atoms with E-state index in [9.17, 15) is 19.7 Å². The largest absolute Gasteiger partial charge is 0.496 e. The van der Waals surface area contributed by atoms with Crippen LogP contribution < -0.4 is 19.6 Å². The highest BCUT2D eigenvalue weighted by Gasteiger charge is 2.34. The SMILES string of the molecule is CCOC(=O)C1=C(C)N=c2s/c(=C\c3ccc(-c4ccc([N+](=O)[O-])cc4OC)o3)c(=O)n2[C@@H]1c1ccccc1Cl. The number of nitro benzene ring substituents is 1. The van der Waals surface area contributed by atoms with Crippen molar-refractivity contribution in [3.63, 3.8) is 0 Å². The topological polar surface area (TPSA) is 126 Å². The Morgan fingerprint density at radius 2 is 2.02 bits per heavy atom. The fraction of sp³-hybridized carbons (Fsp3) is 0.179. The lowest BCUT2D eigenvalue weighted by Crippen LogP contribution is -2.40. The predicted octanol–water partition coefficient (Wildman–Crippen LogP) is 4.63. The highest BCUT2D eigenvalue weighted by atomic mass is 35.5. The molecule has 3 heterocycles. The molecule has 0 spiro atoms. The van der Waals surface area contributed by atoms with E-state index in [4.69, 9.17) is 25.5 Å². The zero-order chi connectivity index (χ0) is 28.6. The molecule has 10 nitrogen and oxygen atoms in total. The molecule has 2 aromatic carbocycles. The number of fused-ring (bicyclic) bond motifs is 1. The zero-order valence-electron chi connectivity index (χ0n) is 21.5. The van der Waals surface area contributed by atoms with Crippen LogP contribution in [0.25, 0.3) is 17.4 Å². The third kappa shape index (κ3) is 4.85. The number of aromatic nitrogens is 1. The second kappa shape index (κ2) is 10.9. The number of hydrogen-bond acceptors (Lipinski definition) is 9. The Hall–Kier alpha value is -4.48. The highest BCUT2D eigenvalue weighted by Crippen LogP contribution is 2.35. The van der Waals surface area contributed by atoms with Gasteiger partial charge < -0.3 is 13.9 Å². The van der Waals surface area contributed by atoms with Gasteiger partial charge in [0.1, 0.15) is 23.3 Å². The molecule has 0 radical (unpaired) electrons. The average Bonchev–Trinajstić information content (AvgIpc) is 3.52. The maximum atomic E-state index is 13.8. The third-order valence-corrected chi connectivity index (χ3v) is 7.61. The summed E-state index contributed by atoms with van der Waals surface area (Å²) in [6.07, 6.45) is 1.58. The third-order valence-electron chi connectivity index (χ3n) is 6.28. The fourth-order valence-electron chi connectivity index (χ4n) is 4.48. The summed E-state index contributed by atoms with van der Waals surface area (Å²) >= 11 is 7.68. The van der Waals surface area contributed by atoms with Crippen LogP contribution >= 0.6 is 22.9 Å². The first-order valence-corrected chi connectivity index (χ1v) is 13.3. The molecule has 1 aliphatic rings. The van der Waals surface area contributed by atoms with Crippen molar-refractivity contribution in [1.29, 1.82) is 0 Å². The molecule has 0 saturated heterocycles. The summed E-state index contributed by atoms with van der Waals surface area (Å²) in [5.41, 5.74) is 1.26. The van der Waals surface area contributed by atoms with Crippen LogP contribution in [-0.2, 0) is 9.53 Å². The number of esters is 1. The van der Waals surface area contributed by atoms with E-state index in [1.807, 2.05) is 0 Å². The Kier molecular flexibility index (Phi) is 7.42. The molecular weight excluding hydrogens is 558 g/mol. The molecule has 204 valence electrons. The van der Waals surface area contributed by atoms with E-state index < -0.39 is 16.9 Å². The summed E-state index contributed by atoms with van der Waals surface area (Å²) < 4.78 is 18.4. The van der Waals surface area contributed by atoms with Gasteiger partial charge in [0.25, 0.3) is 11.2 Å². The van der Waals surface area contributed by atoms with Crippen LogP contribution in [0.3, 0.4) is 0 Å². The first-order chi connectivity index (χ1) is 19.2. The van der Waals surface area contributed by atoms with Crippen LogP contribution in [0.15, 0.2) is 80.1 Å². The van der Waals surface area contributed by atoms with Gasteiger partial charge in [-0.15, -0.1) is 0 Å². The number of allylic oxidation sites excluding steroid dienone is 1. The number of hydrogen-bond donors (Lipinski definition) is 0. The highest BCUT2D eigenvalue weighted by molar-refractivity contribution is 7.07. The van der Waals surface area contributed by atoms with E-state index in [-0.39, 0.29) is 29.2 Å². The van der Waals surface area contributed by atoms with Gasteiger partial charge in [0.15, 0.2) is 4.80 Å². The van der Waals surface area contributed by atoms with Gasteiger partial charge in [0, 0.05) is 17.2 Å². The molecule has 0 N–H and O–H groups in total. The quantitative estimate of drug-likeness (QED) is 0.177. The number of thiazole rings is 1. The molecule has 0 aliphatic carbocycles. The van der Waals surface area contributed by atoms with Gasteiger partial charge in [-0.1, -0.05) is 41.1 Å². The van der Waals surface area contributed by atoms with E-state index in [2.05, 4.69) is 4.99 Å². The van der Waals surface area contributed by atoms with Gasteiger partial charge in [0.05, 0.1) is 46.1 Å². The molecule has 0 saturated carbocycles. The van der Waals surface area contributed by atoms with Crippen LogP contribution in [0.2, 0.25) is 5.02 Å². The van der Waals surface area contributed by atoms with Crippen LogP contribution in [0.1, 0.15) is 31.2 Å². The number of furan rings is 1. The van der Waals surface area contributed by atoms with E-state index in [0.717, 1.165) is 11.3 Å².